The van der Waals surface area contributed by atoms with E-state index < -0.39 is 10.0 Å². The van der Waals surface area contributed by atoms with Crippen LogP contribution in [0.5, 0.6) is 0 Å². The van der Waals surface area contributed by atoms with Crippen LogP contribution >= 0.6 is 0 Å². The van der Waals surface area contributed by atoms with Crippen molar-refractivity contribution in [3.8, 4) is 0 Å². The van der Waals surface area contributed by atoms with Gasteiger partial charge in [-0.15, -0.1) is 0 Å². The van der Waals surface area contributed by atoms with Gasteiger partial charge in [0.25, 0.3) is 0 Å². The second kappa shape index (κ2) is 7.99. The molecule has 1 aliphatic heterocycles. The average molecular weight is 413 g/mol. The highest BCUT2D eigenvalue weighted by atomic mass is 32.2. The predicted molar refractivity (Wildman–Crippen MR) is 113 cm³/mol. The molecule has 0 radical (unpaired) electrons. The summed E-state index contributed by atoms with van der Waals surface area (Å²) >= 11 is 0. The van der Waals surface area contributed by atoms with Crippen LogP contribution in [0.1, 0.15) is 47.2 Å². The van der Waals surface area contributed by atoms with Gasteiger partial charge in [-0.25, -0.2) is 8.42 Å². The first-order chi connectivity index (χ1) is 13.9. The van der Waals surface area contributed by atoms with Gasteiger partial charge in [0.2, 0.25) is 15.9 Å². The number of amides is 1. The Morgan fingerprint density at radius 1 is 0.931 bits per heavy atom. The molecule has 0 saturated carbocycles. The molecule has 1 aliphatic carbocycles. The molecular weight excluding hydrogens is 388 g/mol. The van der Waals surface area contributed by atoms with Crippen molar-refractivity contribution < 1.29 is 18.0 Å². The van der Waals surface area contributed by atoms with Crippen molar-refractivity contribution in [2.24, 2.45) is 0 Å². The van der Waals surface area contributed by atoms with Crippen molar-refractivity contribution >= 4 is 33.1 Å². The molecule has 1 heterocycles. The van der Waals surface area contributed by atoms with E-state index in [1.54, 1.807) is 24.3 Å². The van der Waals surface area contributed by atoms with E-state index in [-0.39, 0.29) is 30.3 Å². The molecule has 0 aromatic heterocycles. The molecule has 0 atom stereocenters. The average Bonchev–Trinajstić information content (AvgIpc) is 3.31. The fourth-order valence-electron chi connectivity index (χ4n) is 3.98. The van der Waals surface area contributed by atoms with Crippen molar-refractivity contribution in [1.29, 1.82) is 0 Å². The van der Waals surface area contributed by atoms with Gasteiger partial charge in [-0.1, -0.05) is 12.1 Å². The molecule has 2 aromatic rings. The second-order valence-corrected chi connectivity index (χ2v) is 9.61. The Morgan fingerprint density at radius 3 is 2.41 bits per heavy atom. The first-order valence-electron chi connectivity index (χ1n) is 9.98. The Morgan fingerprint density at radius 2 is 1.69 bits per heavy atom. The molecule has 0 bridgehead atoms. The Bertz CT molecular complexity index is 1040. The number of rotatable bonds is 6. The van der Waals surface area contributed by atoms with Gasteiger partial charge in [0.15, 0.2) is 5.78 Å². The molecule has 1 N–H and O–H groups in total. The van der Waals surface area contributed by atoms with Gasteiger partial charge in [0.05, 0.1) is 11.4 Å². The van der Waals surface area contributed by atoms with Crippen LogP contribution in [-0.2, 0) is 27.7 Å². The van der Waals surface area contributed by atoms with Gasteiger partial charge in [-0.3, -0.25) is 13.9 Å². The number of carbonyl (C=O) groups excluding carboxylic acids is 2. The molecule has 1 saturated heterocycles. The van der Waals surface area contributed by atoms with Gasteiger partial charge >= 0.3 is 0 Å². The fraction of sp³-hybridized carbons (Fsp3) is 0.364. The molecule has 152 valence electrons. The minimum absolute atomic E-state index is 0.0237. The number of ketones is 1. The highest BCUT2D eigenvalue weighted by Crippen LogP contribution is 2.26. The summed E-state index contributed by atoms with van der Waals surface area (Å²) in [5, 5.41) is 2.77. The number of Topliss-reactive ketones (excluding diaryl/α,β-unsaturated/α-hetero) is 1. The molecule has 7 heteroatoms. The molecule has 2 aliphatic rings. The van der Waals surface area contributed by atoms with Crippen molar-refractivity contribution in [3.05, 3.63) is 59.2 Å². The Kier molecular flexibility index (Phi) is 5.41. The van der Waals surface area contributed by atoms with E-state index in [0.717, 1.165) is 19.3 Å². The molecule has 1 amide bonds. The number of hydrogen-bond acceptors (Lipinski definition) is 4. The summed E-state index contributed by atoms with van der Waals surface area (Å²) in [5.41, 5.74) is 4.44. The lowest BCUT2D eigenvalue weighted by Gasteiger charge is -2.17. The Labute approximate surface area is 171 Å². The Hall–Kier alpha value is -2.67. The van der Waals surface area contributed by atoms with Crippen LogP contribution in [-0.4, -0.2) is 32.4 Å². The lowest BCUT2D eigenvalue weighted by molar-refractivity contribution is -0.116. The van der Waals surface area contributed by atoms with E-state index >= 15 is 0 Å². The minimum atomic E-state index is -3.22. The monoisotopic (exact) mass is 412 g/mol. The van der Waals surface area contributed by atoms with E-state index in [0.29, 0.717) is 29.9 Å². The standard InChI is InChI=1S/C22H24N2O4S/c25-21(18-6-5-16-3-1-4-17(16)15-18)11-12-22(26)23-19-7-9-20(10-8-19)24-13-2-14-29(24,27)28/h5-10,15H,1-4,11-14H2,(H,23,26). The number of nitrogens with one attached hydrogen (secondary N) is 1. The summed E-state index contributed by atoms with van der Waals surface area (Å²) in [6.45, 7) is 0.485. The number of benzene rings is 2. The number of hydrogen-bond donors (Lipinski definition) is 1. The summed E-state index contributed by atoms with van der Waals surface area (Å²) in [5.74, 6) is -0.0884. The van der Waals surface area contributed by atoms with Gasteiger partial charge in [0, 0.05) is 30.6 Å². The van der Waals surface area contributed by atoms with Crippen molar-refractivity contribution in [2.75, 3.05) is 21.9 Å². The molecule has 0 spiro atoms. The number of carbonyl (C=O) groups is 2. The van der Waals surface area contributed by atoms with Crippen LogP contribution in [0.4, 0.5) is 11.4 Å². The van der Waals surface area contributed by atoms with Crippen LogP contribution in [0.2, 0.25) is 0 Å². The molecule has 6 nitrogen and oxygen atoms in total. The van der Waals surface area contributed by atoms with Crippen LogP contribution in [0, 0.1) is 0 Å². The highest BCUT2D eigenvalue weighted by Gasteiger charge is 2.28. The van der Waals surface area contributed by atoms with Crippen molar-refractivity contribution in [2.45, 2.75) is 38.5 Å². The topological polar surface area (TPSA) is 83.6 Å². The summed E-state index contributed by atoms with van der Waals surface area (Å²) in [6.07, 6.45) is 4.13. The number of sulfonamides is 1. The summed E-state index contributed by atoms with van der Waals surface area (Å²) in [7, 11) is -3.22. The zero-order valence-electron chi connectivity index (χ0n) is 16.2. The number of fused-ring (bicyclic) bond motifs is 1. The second-order valence-electron chi connectivity index (χ2n) is 7.60. The van der Waals surface area contributed by atoms with E-state index in [2.05, 4.69) is 5.32 Å². The van der Waals surface area contributed by atoms with E-state index in [9.17, 15) is 18.0 Å². The van der Waals surface area contributed by atoms with E-state index in [1.807, 2.05) is 18.2 Å². The van der Waals surface area contributed by atoms with Crippen LogP contribution < -0.4 is 9.62 Å². The van der Waals surface area contributed by atoms with Crippen LogP contribution in [0.25, 0.3) is 0 Å². The van der Waals surface area contributed by atoms with Crippen molar-refractivity contribution in [1.82, 2.24) is 0 Å². The highest BCUT2D eigenvalue weighted by molar-refractivity contribution is 7.93. The zero-order valence-corrected chi connectivity index (χ0v) is 17.0. The zero-order chi connectivity index (χ0) is 20.4. The molecule has 0 unspecified atom stereocenters. The minimum Gasteiger partial charge on any atom is -0.326 e. The van der Waals surface area contributed by atoms with Gasteiger partial charge in [-0.2, -0.15) is 0 Å². The largest absolute Gasteiger partial charge is 0.326 e. The third-order valence-corrected chi connectivity index (χ3v) is 7.41. The normalized spacial score (nSPS) is 17.2. The predicted octanol–water partition coefficient (Wildman–Crippen LogP) is 3.32. The molecule has 1 fully saturated rings. The molecular formula is C22H24N2O4S. The Balaban J connectivity index is 1.31. The molecule has 29 heavy (non-hydrogen) atoms. The maximum atomic E-state index is 12.4. The van der Waals surface area contributed by atoms with Crippen molar-refractivity contribution in [3.63, 3.8) is 0 Å². The first kappa shape index (κ1) is 19.6. The van der Waals surface area contributed by atoms with Crippen LogP contribution in [0.15, 0.2) is 42.5 Å². The summed E-state index contributed by atoms with van der Waals surface area (Å²) in [4.78, 5) is 24.6. The van der Waals surface area contributed by atoms with E-state index in [4.69, 9.17) is 0 Å². The molecule has 2 aromatic carbocycles. The fourth-order valence-corrected chi connectivity index (χ4v) is 5.55. The number of nitrogens with zero attached hydrogens (tertiary/aromatic N) is 1. The summed E-state index contributed by atoms with van der Waals surface area (Å²) in [6, 6.07) is 12.6. The number of anilines is 2. The summed E-state index contributed by atoms with van der Waals surface area (Å²) < 4.78 is 25.4. The maximum Gasteiger partial charge on any atom is 0.235 e. The smallest absolute Gasteiger partial charge is 0.235 e. The molecule has 4 rings (SSSR count). The van der Waals surface area contributed by atoms with Gasteiger partial charge in [0.1, 0.15) is 0 Å². The lowest BCUT2D eigenvalue weighted by Crippen LogP contribution is -2.25. The SMILES string of the molecule is O=C(CCC(=O)c1ccc2c(c1)CCC2)Nc1ccc(N2CCCS2(=O)=O)cc1. The van der Waals surface area contributed by atoms with E-state index in [1.165, 1.54) is 15.4 Å². The third-order valence-electron chi connectivity index (χ3n) is 5.54. The number of aryl methyl sites for hydroxylation is 2. The van der Waals surface area contributed by atoms with Gasteiger partial charge < -0.3 is 5.32 Å². The third kappa shape index (κ3) is 4.34. The lowest BCUT2D eigenvalue weighted by atomic mass is 10.0. The quantitative estimate of drug-likeness (QED) is 0.738. The van der Waals surface area contributed by atoms with Crippen LogP contribution in [0.3, 0.4) is 0 Å². The van der Waals surface area contributed by atoms with Gasteiger partial charge in [-0.05, 0) is 67.1 Å². The first-order valence-corrected chi connectivity index (χ1v) is 11.6. The maximum absolute atomic E-state index is 12.4.